The molecule has 0 aromatic carbocycles. The van der Waals surface area contributed by atoms with E-state index in [1.807, 2.05) is 20.8 Å². The van der Waals surface area contributed by atoms with Crippen molar-refractivity contribution in [3.05, 3.63) is 0 Å². The van der Waals surface area contributed by atoms with Crippen molar-refractivity contribution in [1.82, 2.24) is 4.90 Å². The van der Waals surface area contributed by atoms with E-state index in [0.29, 0.717) is 13.0 Å². The second-order valence-corrected chi connectivity index (χ2v) is 5.65. The molecule has 0 aromatic rings. The first kappa shape index (κ1) is 13.2. The Kier molecular flexibility index (Phi) is 4.51. The summed E-state index contributed by atoms with van der Waals surface area (Å²) in [5.41, 5.74) is -0.345. The van der Waals surface area contributed by atoms with Gasteiger partial charge in [0.05, 0.1) is 6.54 Å². The van der Waals surface area contributed by atoms with E-state index in [0.717, 1.165) is 25.8 Å². The lowest BCUT2D eigenvalue weighted by molar-refractivity contribution is -0.138. The van der Waals surface area contributed by atoms with Gasteiger partial charge in [0.25, 0.3) is 0 Å². The Bertz CT molecular complexity index is 266. The fourth-order valence-electron chi connectivity index (χ4n) is 1.79. The van der Waals surface area contributed by atoms with Crippen molar-refractivity contribution < 1.29 is 9.59 Å². The summed E-state index contributed by atoms with van der Waals surface area (Å²) >= 11 is 0. The highest BCUT2D eigenvalue weighted by atomic mass is 16.2. The van der Waals surface area contributed by atoms with Crippen molar-refractivity contribution in [3.8, 4) is 0 Å². The van der Waals surface area contributed by atoms with Gasteiger partial charge in [0.1, 0.15) is 0 Å². The molecule has 92 valence electrons. The number of hydrogen-bond donors (Lipinski definition) is 0. The van der Waals surface area contributed by atoms with Gasteiger partial charge < -0.3 is 4.90 Å². The predicted octanol–water partition coefficient (Wildman–Crippen LogP) is 2.39. The first-order valence-electron chi connectivity index (χ1n) is 6.22. The minimum absolute atomic E-state index is 0.150. The van der Waals surface area contributed by atoms with Crippen LogP contribution in [0, 0.1) is 5.41 Å². The third-order valence-electron chi connectivity index (χ3n) is 3.09. The van der Waals surface area contributed by atoms with E-state index in [1.54, 1.807) is 4.90 Å². The molecule has 16 heavy (non-hydrogen) atoms. The van der Waals surface area contributed by atoms with Crippen LogP contribution in [0.4, 0.5) is 0 Å². The predicted molar refractivity (Wildman–Crippen MR) is 64.1 cm³/mol. The molecule has 0 atom stereocenters. The van der Waals surface area contributed by atoms with Crippen LogP contribution in [0.1, 0.15) is 52.9 Å². The molecule has 1 amide bonds. The third kappa shape index (κ3) is 3.95. The molecule has 0 aromatic heterocycles. The number of carbonyl (C=O) groups excluding carboxylic acids is 2. The van der Waals surface area contributed by atoms with Crippen LogP contribution in [0.25, 0.3) is 0 Å². The lowest BCUT2D eigenvalue weighted by Crippen LogP contribution is -2.40. The van der Waals surface area contributed by atoms with E-state index in [1.165, 1.54) is 6.42 Å². The summed E-state index contributed by atoms with van der Waals surface area (Å²) in [5, 5.41) is 0. The molecule has 1 heterocycles. The van der Waals surface area contributed by atoms with Crippen molar-refractivity contribution in [2.45, 2.75) is 52.9 Å². The maximum absolute atomic E-state index is 11.9. The maximum Gasteiger partial charge on any atom is 0.222 e. The quantitative estimate of drug-likeness (QED) is 0.723. The molecule has 0 aliphatic carbocycles. The van der Waals surface area contributed by atoms with Gasteiger partial charge >= 0.3 is 0 Å². The van der Waals surface area contributed by atoms with E-state index in [4.69, 9.17) is 0 Å². The van der Waals surface area contributed by atoms with Crippen LogP contribution in [-0.2, 0) is 9.59 Å². The fourth-order valence-corrected chi connectivity index (χ4v) is 1.79. The second kappa shape index (κ2) is 5.46. The van der Waals surface area contributed by atoms with Gasteiger partial charge in [-0.25, -0.2) is 0 Å². The Hall–Kier alpha value is -0.860. The zero-order valence-electron chi connectivity index (χ0n) is 10.7. The molecule has 1 aliphatic rings. The van der Waals surface area contributed by atoms with E-state index in [9.17, 15) is 9.59 Å². The molecule has 3 nitrogen and oxygen atoms in total. The molecule has 0 saturated carbocycles. The van der Waals surface area contributed by atoms with E-state index in [2.05, 4.69) is 0 Å². The number of carbonyl (C=O) groups is 2. The molecule has 0 unspecified atom stereocenters. The zero-order chi connectivity index (χ0) is 12.2. The van der Waals surface area contributed by atoms with Gasteiger partial charge in [0, 0.05) is 18.4 Å². The average molecular weight is 225 g/mol. The summed E-state index contributed by atoms with van der Waals surface area (Å²) in [6.45, 7) is 6.76. The van der Waals surface area contributed by atoms with E-state index >= 15 is 0 Å². The van der Waals surface area contributed by atoms with Gasteiger partial charge in [-0.1, -0.05) is 33.6 Å². The van der Waals surface area contributed by atoms with Gasteiger partial charge in [-0.2, -0.15) is 0 Å². The van der Waals surface area contributed by atoms with Crippen LogP contribution in [-0.4, -0.2) is 29.7 Å². The Morgan fingerprint density at radius 2 is 1.81 bits per heavy atom. The Morgan fingerprint density at radius 1 is 1.19 bits per heavy atom. The number of amides is 1. The van der Waals surface area contributed by atoms with E-state index in [-0.39, 0.29) is 17.1 Å². The van der Waals surface area contributed by atoms with Crippen LogP contribution >= 0.6 is 0 Å². The van der Waals surface area contributed by atoms with Crippen LogP contribution in [0.3, 0.4) is 0 Å². The van der Waals surface area contributed by atoms with Crippen LogP contribution in [0.15, 0.2) is 0 Å². The highest BCUT2D eigenvalue weighted by Crippen LogP contribution is 2.17. The van der Waals surface area contributed by atoms with Gasteiger partial charge in [-0.3, -0.25) is 9.59 Å². The highest BCUT2D eigenvalue weighted by Gasteiger charge is 2.25. The average Bonchev–Trinajstić information content (AvgIpc) is 2.16. The van der Waals surface area contributed by atoms with Gasteiger partial charge in [0.15, 0.2) is 5.78 Å². The number of nitrogens with zero attached hydrogens (tertiary/aromatic N) is 1. The Morgan fingerprint density at radius 3 is 2.44 bits per heavy atom. The van der Waals surface area contributed by atoms with Crippen molar-refractivity contribution in [3.63, 3.8) is 0 Å². The van der Waals surface area contributed by atoms with Crippen molar-refractivity contribution in [2.75, 3.05) is 13.1 Å². The van der Waals surface area contributed by atoms with Gasteiger partial charge in [0.2, 0.25) is 5.91 Å². The summed E-state index contributed by atoms with van der Waals surface area (Å²) in [5.74, 6) is 0.304. The second-order valence-electron chi connectivity index (χ2n) is 5.65. The summed E-state index contributed by atoms with van der Waals surface area (Å²) < 4.78 is 0. The molecule has 0 radical (unpaired) electrons. The van der Waals surface area contributed by atoms with Crippen LogP contribution in [0.2, 0.25) is 0 Å². The van der Waals surface area contributed by atoms with Crippen molar-refractivity contribution in [2.24, 2.45) is 5.41 Å². The fraction of sp³-hybridized carbons (Fsp3) is 0.846. The van der Waals surface area contributed by atoms with Gasteiger partial charge in [-0.05, 0) is 12.8 Å². The Labute approximate surface area is 98.2 Å². The minimum Gasteiger partial charge on any atom is -0.335 e. The molecular formula is C13H23NO2. The van der Waals surface area contributed by atoms with Crippen LogP contribution < -0.4 is 0 Å². The zero-order valence-corrected chi connectivity index (χ0v) is 10.7. The lowest BCUT2D eigenvalue weighted by Gasteiger charge is -2.27. The summed E-state index contributed by atoms with van der Waals surface area (Å²) in [4.78, 5) is 25.4. The normalized spacial score (nSPS) is 19.2. The summed E-state index contributed by atoms with van der Waals surface area (Å²) in [7, 11) is 0. The highest BCUT2D eigenvalue weighted by molar-refractivity contribution is 5.89. The number of ketones is 1. The molecule has 0 bridgehead atoms. The first-order valence-corrected chi connectivity index (χ1v) is 6.22. The molecule has 1 saturated heterocycles. The molecule has 3 heteroatoms. The summed E-state index contributed by atoms with van der Waals surface area (Å²) in [6, 6.07) is 0. The Balaban J connectivity index is 2.56. The van der Waals surface area contributed by atoms with E-state index < -0.39 is 0 Å². The van der Waals surface area contributed by atoms with Crippen molar-refractivity contribution >= 4 is 11.7 Å². The molecule has 0 N–H and O–H groups in total. The largest absolute Gasteiger partial charge is 0.335 e. The van der Waals surface area contributed by atoms with Gasteiger partial charge in [-0.15, -0.1) is 0 Å². The molecule has 1 rings (SSSR count). The molecular weight excluding hydrogens is 202 g/mol. The molecule has 0 spiro atoms. The van der Waals surface area contributed by atoms with Crippen LogP contribution in [0.5, 0.6) is 0 Å². The monoisotopic (exact) mass is 225 g/mol. The third-order valence-corrected chi connectivity index (χ3v) is 3.09. The molecule has 1 fully saturated rings. The SMILES string of the molecule is CC(C)(C)C(=O)CN1CCCCCCC1=O. The summed E-state index contributed by atoms with van der Waals surface area (Å²) in [6.07, 6.45) is 4.93. The number of likely N-dealkylation sites (tertiary alicyclic amines) is 1. The molecule has 1 aliphatic heterocycles. The maximum atomic E-state index is 11.9. The first-order chi connectivity index (χ1) is 7.41. The lowest BCUT2D eigenvalue weighted by atomic mass is 9.90. The number of hydrogen-bond acceptors (Lipinski definition) is 2. The smallest absolute Gasteiger partial charge is 0.222 e. The topological polar surface area (TPSA) is 37.4 Å². The number of Topliss-reactive ketones (excluding diaryl/α,β-unsaturated/α-hetero) is 1. The standard InChI is InChI=1S/C13H23NO2/c1-13(2,3)11(15)10-14-9-7-5-4-6-8-12(14)16/h4-10H2,1-3H3. The number of rotatable bonds is 2. The minimum atomic E-state index is -0.345. The van der Waals surface area contributed by atoms with Crippen molar-refractivity contribution in [1.29, 1.82) is 0 Å².